The van der Waals surface area contributed by atoms with E-state index in [9.17, 15) is 9.18 Å². The third kappa shape index (κ3) is 5.39. The molecule has 0 saturated heterocycles. The molecule has 1 amide bonds. The van der Waals surface area contributed by atoms with Crippen molar-refractivity contribution >= 4 is 5.91 Å². The van der Waals surface area contributed by atoms with E-state index in [-0.39, 0.29) is 18.1 Å². The van der Waals surface area contributed by atoms with Crippen molar-refractivity contribution < 1.29 is 13.7 Å². The Labute approximate surface area is 179 Å². The van der Waals surface area contributed by atoms with Gasteiger partial charge in [-0.3, -0.25) is 14.8 Å². The molecule has 0 N–H and O–H groups in total. The van der Waals surface area contributed by atoms with Gasteiger partial charge in [0.25, 0.3) is 0 Å². The van der Waals surface area contributed by atoms with E-state index in [0.717, 1.165) is 22.5 Å². The highest BCUT2D eigenvalue weighted by Gasteiger charge is 2.18. The summed E-state index contributed by atoms with van der Waals surface area (Å²) in [4.78, 5) is 23.5. The van der Waals surface area contributed by atoms with E-state index < -0.39 is 0 Å². The highest BCUT2D eigenvalue weighted by Crippen LogP contribution is 2.25. The maximum atomic E-state index is 13.2. The van der Waals surface area contributed by atoms with Crippen LogP contribution in [0.3, 0.4) is 0 Å². The zero-order valence-corrected chi connectivity index (χ0v) is 16.8. The molecule has 3 aromatic heterocycles. The van der Waals surface area contributed by atoms with Gasteiger partial charge in [0.2, 0.25) is 5.91 Å². The van der Waals surface area contributed by atoms with Gasteiger partial charge in [0.05, 0.1) is 30.7 Å². The quantitative estimate of drug-likeness (QED) is 0.425. The van der Waals surface area contributed by atoms with Crippen LogP contribution in [0.4, 0.5) is 4.39 Å². The number of amides is 1. The van der Waals surface area contributed by atoms with E-state index in [1.807, 2.05) is 36.4 Å². The first-order chi connectivity index (χ1) is 15.2. The largest absolute Gasteiger partial charge is 0.356 e. The number of aromatic nitrogens is 3. The van der Waals surface area contributed by atoms with Gasteiger partial charge in [-0.25, -0.2) is 4.39 Å². The molecular formula is C24H21FN4O2. The zero-order valence-electron chi connectivity index (χ0n) is 16.8. The van der Waals surface area contributed by atoms with Crippen LogP contribution in [0.5, 0.6) is 0 Å². The first kappa shape index (κ1) is 20.4. The normalized spacial score (nSPS) is 10.7. The molecule has 156 valence electrons. The smallest absolute Gasteiger partial charge is 0.223 e. The molecule has 0 saturated carbocycles. The SMILES string of the molecule is O=C(CCc1cnoc1-c1ccc(F)cc1)N(Cc1ccccn1)Cc1ccccn1. The van der Waals surface area contributed by atoms with Crippen molar-refractivity contribution in [3.05, 3.63) is 102 Å². The van der Waals surface area contributed by atoms with Crippen LogP contribution in [0, 0.1) is 5.82 Å². The number of rotatable bonds is 8. The zero-order chi connectivity index (χ0) is 21.5. The van der Waals surface area contributed by atoms with Crippen molar-refractivity contribution in [3.63, 3.8) is 0 Å². The van der Waals surface area contributed by atoms with E-state index in [1.54, 1.807) is 35.6 Å². The molecule has 0 bridgehead atoms. The van der Waals surface area contributed by atoms with Gasteiger partial charge in [-0.15, -0.1) is 0 Å². The summed E-state index contributed by atoms with van der Waals surface area (Å²) < 4.78 is 18.6. The van der Waals surface area contributed by atoms with Crippen LogP contribution < -0.4 is 0 Å². The van der Waals surface area contributed by atoms with E-state index in [4.69, 9.17) is 4.52 Å². The summed E-state index contributed by atoms with van der Waals surface area (Å²) in [6.07, 6.45) is 5.76. The predicted octanol–water partition coefficient (Wildman–Crippen LogP) is 4.43. The van der Waals surface area contributed by atoms with Crippen molar-refractivity contribution in [2.45, 2.75) is 25.9 Å². The summed E-state index contributed by atoms with van der Waals surface area (Å²) in [6.45, 7) is 0.787. The van der Waals surface area contributed by atoms with Gasteiger partial charge in [-0.05, 0) is 55.0 Å². The van der Waals surface area contributed by atoms with E-state index in [0.29, 0.717) is 25.3 Å². The molecule has 3 heterocycles. The van der Waals surface area contributed by atoms with Crippen LogP contribution >= 0.6 is 0 Å². The minimum atomic E-state index is -0.320. The molecule has 0 unspecified atom stereocenters. The average Bonchev–Trinajstić information content (AvgIpc) is 3.27. The topological polar surface area (TPSA) is 72.1 Å². The Hall–Kier alpha value is -3.87. The molecule has 0 radical (unpaired) electrons. The molecule has 7 heteroatoms. The monoisotopic (exact) mass is 416 g/mol. The Balaban J connectivity index is 1.47. The number of aryl methyl sites for hydroxylation is 1. The Morgan fingerprint density at radius 1 is 0.903 bits per heavy atom. The van der Waals surface area contributed by atoms with E-state index >= 15 is 0 Å². The lowest BCUT2D eigenvalue weighted by atomic mass is 10.0. The minimum Gasteiger partial charge on any atom is -0.356 e. The summed E-state index contributed by atoms with van der Waals surface area (Å²) in [5.74, 6) is 0.205. The summed E-state index contributed by atoms with van der Waals surface area (Å²) in [5.41, 5.74) is 3.14. The van der Waals surface area contributed by atoms with E-state index in [1.165, 1.54) is 12.1 Å². The van der Waals surface area contributed by atoms with Crippen LogP contribution in [-0.4, -0.2) is 25.9 Å². The third-order valence-corrected chi connectivity index (χ3v) is 4.87. The number of carbonyl (C=O) groups is 1. The molecule has 0 aliphatic rings. The summed E-state index contributed by atoms with van der Waals surface area (Å²) >= 11 is 0. The van der Waals surface area contributed by atoms with Crippen molar-refractivity contribution in [1.29, 1.82) is 0 Å². The fraction of sp³-hybridized carbons (Fsp3) is 0.167. The molecule has 0 atom stereocenters. The van der Waals surface area contributed by atoms with Crippen molar-refractivity contribution in [3.8, 4) is 11.3 Å². The third-order valence-electron chi connectivity index (χ3n) is 4.87. The number of hydrogen-bond donors (Lipinski definition) is 0. The van der Waals surface area contributed by atoms with Crippen LogP contribution in [0.2, 0.25) is 0 Å². The lowest BCUT2D eigenvalue weighted by molar-refractivity contribution is -0.132. The molecule has 0 spiro atoms. The highest BCUT2D eigenvalue weighted by atomic mass is 19.1. The van der Waals surface area contributed by atoms with E-state index in [2.05, 4.69) is 15.1 Å². The molecule has 0 aliphatic carbocycles. The number of carbonyl (C=O) groups excluding carboxylic acids is 1. The number of halogens is 1. The van der Waals surface area contributed by atoms with Gasteiger partial charge in [-0.2, -0.15) is 0 Å². The highest BCUT2D eigenvalue weighted by molar-refractivity contribution is 5.76. The average molecular weight is 416 g/mol. The maximum Gasteiger partial charge on any atom is 0.223 e. The standard InChI is InChI=1S/C24H21FN4O2/c25-20-10-7-18(8-11-20)24-19(15-28-31-24)9-12-23(30)29(16-21-5-1-3-13-26-21)17-22-6-2-4-14-27-22/h1-8,10-11,13-15H,9,12,16-17H2. The van der Waals surface area contributed by atoms with Gasteiger partial charge < -0.3 is 9.42 Å². The summed E-state index contributed by atoms with van der Waals surface area (Å²) in [7, 11) is 0. The molecule has 0 aliphatic heterocycles. The summed E-state index contributed by atoms with van der Waals surface area (Å²) in [5, 5.41) is 3.87. The second-order valence-electron chi connectivity index (χ2n) is 7.08. The van der Waals surface area contributed by atoms with Crippen molar-refractivity contribution in [1.82, 2.24) is 20.0 Å². The van der Waals surface area contributed by atoms with Gasteiger partial charge in [0, 0.05) is 29.9 Å². The number of hydrogen-bond acceptors (Lipinski definition) is 5. The minimum absolute atomic E-state index is 0.0254. The van der Waals surface area contributed by atoms with Gasteiger partial charge in [-0.1, -0.05) is 17.3 Å². The predicted molar refractivity (Wildman–Crippen MR) is 113 cm³/mol. The molecule has 4 aromatic rings. The Morgan fingerprint density at radius 2 is 1.55 bits per heavy atom. The Morgan fingerprint density at radius 3 is 2.13 bits per heavy atom. The van der Waals surface area contributed by atoms with Crippen LogP contribution in [0.25, 0.3) is 11.3 Å². The fourth-order valence-electron chi connectivity index (χ4n) is 3.28. The van der Waals surface area contributed by atoms with Crippen molar-refractivity contribution in [2.75, 3.05) is 0 Å². The molecule has 1 aromatic carbocycles. The van der Waals surface area contributed by atoms with Crippen LogP contribution in [-0.2, 0) is 24.3 Å². The Kier molecular flexibility index (Phi) is 6.42. The molecular weight excluding hydrogens is 395 g/mol. The second-order valence-corrected chi connectivity index (χ2v) is 7.08. The maximum absolute atomic E-state index is 13.2. The molecule has 6 nitrogen and oxygen atoms in total. The lowest BCUT2D eigenvalue weighted by Gasteiger charge is -2.22. The molecule has 31 heavy (non-hydrogen) atoms. The van der Waals surface area contributed by atoms with Crippen LogP contribution in [0.15, 0.2) is 83.8 Å². The lowest BCUT2D eigenvalue weighted by Crippen LogP contribution is -2.31. The van der Waals surface area contributed by atoms with Crippen molar-refractivity contribution in [2.24, 2.45) is 0 Å². The number of nitrogens with zero attached hydrogens (tertiary/aromatic N) is 4. The molecule has 4 rings (SSSR count). The van der Waals surface area contributed by atoms with Gasteiger partial charge in [0.1, 0.15) is 5.82 Å². The van der Waals surface area contributed by atoms with Crippen LogP contribution in [0.1, 0.15) is 23.4 Å². The first-order valence-electron chi connectivity index (χ1n) is 9.96. The summed E-state index contributed by atoms with van der Waals surface area (Å²) in [6, 6.07) is 17.3. The number of pyridine rings is 2. The molecule has 0 fully saturated rings. The fourth-order valence-corrected chi connectivity index (χ4v) is 3.28. The first-order valence-corrected chi connectivity index (χ1v) is 9.96. The van der Waals surface area contributed by atoms with Gasteiger partial charge >= 0.3 is 0 Å². The Bertz CT molecular complexity index is 1070. The van der Waals surface area contributed by atoms with Gasteiger partial charge in [0.15, 0.2) is 5.76 Å². The number of benzene rings is 1. The second kappa shape index (κ2) is 9.75.